The lowest BCUT2D eigenvalue weighted by Gasteiger charge is -2.08. The van der Waals surface area contributed by atoms with Gasteiger partial charge in [-0.05, 0) is 48.9 Å². The highest BCUT2D eigenvalue weighted by atomic mass is 16.6. The Hall–Kier alpha value is -4.01. The molecule has 1 heterocycles. The SMILES string of the molecule is COc1ccc(-c2ccc(=O)n(CCCC(=O)Nc3ccc([N+](=O)[O-])cc3)n2)cc1. The number of nitrogens with zero attached hydrogens (tertiary/aromatic N) is 3. The monoisotopic (exact) mass is 408 g/mol. The first kappa shape index (κ1) is 20.7. The molecule has 2 aromatic carbocycles. The zero-order chi connectivity index (χ0) is 21.5. The summed E-state index contributed by atoms with van der Waals surface area (Å²) >= 11 is 0. The van der Waals surface area contributed by atoms with E-state index in [-0.39, 0.29) is 30.1 Å². The van der Waals surface area contributed by atoms with Crippen molar-refractivity contribution in [2.45, 2.75) is 19.4 Å². The average Bonchev–Trinajstić information content (AvgIpc) is 2.75. The van der Waals surface area contributed by atoms with Crippen molar-refractivity contribution in [1.82, 2.24) is 9.78 Å². The van der Waals surface area contributed by atoms with Crippen molar-refractivity contribution >= 4 is 17.3 Å². The molecule has 1 amide bonds. The number of ether oxygens (including phenoxy) is 1. The van der Waals surface area contributed by atoms with Crippen molar-refractivity contribution in [2.24, 2.45) is 0 Å². The molecule has 1 aromatic heterocycles. The second kappa shape index (κ2) is 9.46. The number of non-ortho nitro benzene ring substituents is 1. The van der Waals surface area contributed by atoms with E-state index in [4.69, 9.17) is 4.74 Å². The Bertz CT molecular complexity index is 1090. The van der Waals surface area contributed by atoms with Gasteiger partial charge < -0.3 is 10.1 Å². The van der Waals surface area contributed by atoms with Gasteiger partial charge in [-0.3, -0.25) is 19.7 Å². The van der Waals surface area contributed by atoms with Gasteiger partial charge in [0.05, 0.1) is 17.7 Å². The van der Waals surface area contributed by atoms with Crippen LogP contribution in [-0.2, 0) is 11.3 Å². The molecule has 30 heavy (non-hydrogen) atoms. The van der Waals surface area contributed by atoms with Crippen LogP contribution in [0.15, 0.2) is 65.5 Å². The lowest BCUT2D eigenvalue weighted by molar-refractivity contribution is -0.384. The molecule has 9 nitrogen and oxygen atoms in total. The third kappa shape index (κ3) is 5.28. The van der Waals surface area contributed by atoms with Crippen LogP contribution in [0.3, 0.4) is 0 Å². The summed E-state index contributed by atoms with van der Waals surface area (Å²) in [5.74, 6) is 0.481. The molecule has 0 unspecified atom stereocenters. The minimum absolute atomic E-state index is 0.0461. The molecule has 3 aromatic rings. The number of nitrogens with one attached hydrogen (secondary N) is 1. The predicted molar refractivity (Wildman–Crippen MR) is 111 cm³/mol. The van der Waals surface area contributed by atoms with Crippen LogP contribution in [0.1, 0.15) is 12.8 Å². The molecule has 0 aliphatic heterocycles. The van der Waals surface area contributed by atoms with Crippen molar-refractivity contribution in [3.63, 3.8) is 0 Å². The third-order valence-corrected chi connectivity index (χ3v) is 4.39. The Labute approximate surface area is 172 Å². The fourth-order valence-corrected chi connectivity index (χ4v) is 2.80. The average molecular weight is 408 g/mol. The molecule has 0 saturated heterocycles. The molecule has 0 atom stereocenters. The lowest BCUT2D eigenvalue weighted by atomic mass is 10.1. The first-order valence-electron chi connectivity index (χ1n) is 9.23. The molecule has 3 rings (SSSR count). The van der Waals surface area contributed by atoms with Gasteiger partial charge in [-0.1, -0.05) is 0 Å². The van der Waals surface area contributed by atoms with Gasteiger partial charge >= 0.3 is 0 Å². The summed E-state index contributed by atoms with van der Waals surface area (Å²) in [7, 11) is 1.59. The number of carbonyl (C=O) groups is 1. The number of carbonyl (C=O) groups excluding carboxylic acids is 1. The van der Waals surface area contributed by atoms with Crippen molar-refractivity contribution in [3.05, 3.63) is 81.1 Å². The summed E-state index contributed by atoms with van der Waals surface area (Å²) in [5, 5.41) is 17.7. The van der Waals surface area contributed by atoms with Gasteiger partial charge in [0.1, 0.15) is 5.75 Å². The van der Waals surface area contributed by atoms with Gasteiger partial charge in [-0.15, -0.1) is 0 Å². The van der Waals surface area contributed by atoms with Crippen LogP contribution in [0.25, 0.3) is 11.3 Å². The van der Waals surface area contributed by atoms with Crippen LogP contribution < -0.4 is 15.6 Å². The summed E-state index contributed by atoms with van der Waals surface area (Å²) < 4.78 is 6.47. The van der Waals surface area contributed by atoms with E-state index < -0.39 is 4.92 Å². The molecule has 1 N–H and O–H groups in total. The first-order valence-corrected chi connectivity index (χ1v) is 9.23. The van der Waals surface area contributed by atoms with E-state index in [2.05, 4.69) is 10.4 Å². The molecule has 0 spiro atoms. The van der Waals surface area contributed by atoms with Gasteiger partial charge in [0.2, 0.25) is 5.91 Å². The van der Waals surface area contributed by atoms with Crippen LogP contribution >= 0.6 is 0 Å². The minimum Gasteiger partial charge on any atom is -0.497 e. The molecule has 154 valence electrons. The normalized spacial score (nSPS) is 10.4. The molecule has 0 bridgehead atoms. The van der Waals surface area contributed by atoms with Gasteiger partial charge in [0, 0.05) is 42.4 Å². The summed E-state index contributed by atoms with van der Waals surface area (Å²) in [4.78, 5) is 34.3. The van der Waals surface area contributed by atoms with Crippen LogP contribution in [0.4, 0.5) is 11.4 Å². The largest absolute Gasteiger partial charge is 0.497 e. The van der Waals surface area contributed by atoms with E-state index in [9.17, 15) is 19.7 Å². The number of hydrogen-bond acceptors (Lipinski definition) is 6. The van der Waals surface area contributed by atoms with Gasteiger partial charge in [0.25, 0.3) is 11.2 Å². The molecular formula is C21H20N4O5. The second-order valence-electron chi connectivity index (χ2n) is 6.46. The summed E-state index contributed by atoms with van der Waals surface area (Å²) in [6.45, 7) is 0.288. The second-order valence-corrected chi connectivity index (χ2v) is 6.46. The molecule has 0 aliphatic rings. The molecule has 0 aliphatic carbocycles. The van der Waals surface area contributed by atoms with Gasteiger partial charge in [-0.2, -0.15) is 5.10 Å². The van der Waals surface area contributed by atoms with E-state index in [0.717, 1.165) is 11.3 Å². The minimum atomic E-state index is -0.504. The maximum atomic E-state index is 12.1. The summed E-state index contributed by atoms with van der Waals surface area (Å²) in [6.07, 6.45) is 0.593. The van der Waals surface area contributed by atoms with Crippen molar-refractivity contribution < 1.29 is 14.5 Å². The van der Waals surface area contributed by atoms with E-state index in [1.165, 1.54) is 35.0 Å². The number of amides is 1. The highest BCUT2D eigenvalue weighted by Gasteiger charge is 2.08. The van der Waals surface area contributed by atoms with E-state index in [1.807, 2.05) is 24.3 Å². The van der Waals surface area contributed by atoms with Crippen LogP contribution in [0.5, 0.6) is 5.75 Å². The molecule has 9 heteroatoms. The maximum absolute atomic E-state index is 12.1. The number of rotatable bonds is 8. The van der Waals surface area contributed by atoms with Crippen LogP contribution in [0.2, 0.25) is 0 Å². The lowest BCUT2D eigenvalue weighted by Crippen LogP contribution is -2.23. The molecular weight excluding hydrogens is 388 g/mol. The zero-order valence-corrected chi connectivity index (χ0v) is 16.3. The number of hydrogen-bond donors (Lipinski definition) is 1. The Morgan fingerprint density at radius 1 is 1.10 bits per heavy atom. The van der Waals surface area contributed by atoms with Crippen LogP contribution in [0, 0.1) is 10.1 Å². The number of methoxy groups -OCH3 is 1. The highest BCUT2D eigenvalue weighted by molar-refractivity contribution is 5.90. The fraction of sp³-hybridized carbons (Fsp3) is 0.190. The fourth-order valence-electron chi connectivity index (χ4n) is 2.80. The number of benzene rings is 2. The highest BCUT2D eigenvalue weighted by Crippen LogP contribution is 2.19. The van der Waals surface area contributed by atoms with Crippen molar-refractivity contribution in [3.8, 4) is 17.0 Å². The zero-order valence-electron chi connectivity index (χ0n) is 16.3. The topological polar surface area (TPSA) is 116 Å². The first-order chi connectivity index (χ1) is 14.5. The molecule has 0 radical (unpaired) electrons. The molecule has 0 saturated carbocycles. The number of aryl methyl sites for hydroxylation is 1. The van der Waals surface area contributed by atoms with Crippen molar-refractivity contribution in [2.75, 3.05) is 12.4 Å². The van der Waals surface area contributed by atoms with E-state index in [1.54, 1.807) is 13.2 Å². The third-order valence-electron chi connectivity index (χ3n) is 4.39. The standard InChI is InChI=1S/C21H20N4O5/c1-30-18-10-4-15(5-11-18)19-12-13-21(27)24(23-19)14-2-3-20(26)22-16-6-8-17(9-7-16)25(28)29/h4-13H,2-3,14H2,1H3,(H,22,26). The van der Waals surface area contributed by atoms with Crippen molar-refractivity contribution in [1.29, 1.82) is 0 Å². The Balaban J connectivity index is 1.57. The number of anilines is 1. The quantitative estimate of drug-likeness (QED) is 0.452. The van der Waals surface area contributed by atoms with E-state index in [0.29, 0.717) is 17.8 Å². The van der Waals surface area contributed by atoms with Gasteiger partial charge in [-0.25, -0.2) is 4.68 Å². The number of aromatic nitrogens is 2. The smallest absolute Gasteiger partial charge is 0.269 e. The predicted octanol–water partition coefficient (Wildman–Crippen LogP) is 3.25. The Kier molecular flexibility index (Phi) is 6.53. The summed E-state index contributed by atoms with van der Waals surface area (Å²) in [6, 6.07) is 16.0. The number of nitro groups is 1. The Morgan fingerprint density at radius 3 is 2.43 bits per heavy atom. The maximum Gasteiger partial charge on any atom is 0.269 e. The Morgan fingerprint density at radius 2 is 1.80 bits per heavy atom. The molecule has 0 fully saturated rings. The summed E-state index contributed by atoms with van der Waals surface area (Å²) in [5.41, 5.74) is 1.67. The van der Waals surface area contributed by atoms with E-state index >= 15 is 0 Å². The number of nitro benzene ring substituents is 1. The van der Waals surface area contributed by atoms with Crippen LogP contribution in [-0.4, -0.2) is 27.7 Å². The van der Waals surface area contributed by atoms with Gasteiger partial charge in [0.15, 0.2) is 0 Å².